The van der Waals surface area contributed by atoms with Gasteiger partial charge in [-0.05, 0) is 31.7 Å². The van der Waals surface area contributed by atoms with Crippen LogP contribution in [0.2, 0.25) is 0 Å². The van der Waals surface area contributed by atoms with Gasteiger partial charge in [0.25, 0.3) is 5.91 Å². The summed E-state index contributed by atoms with van der Waals surface area (Å²) in [7, 11) is 0.178. The molecule has 1 amide bonds. The summed E-state index contributed by atoms with van der Waals surface area (Å²) in [6, 6.07) is 1.80. The van der Waals surface area contributed by atoms with E-state index in [0.717, 1.165) is 23.9 Å². The third-order valence-electron chi connectivity index (χ3n) is 4.95. The van der Waals surface area contributed by atoms with Crippen LogP contribution in [0.5, 0.6) is 0 Å². The number of aromatic nitrogens is 3. The molecule has 0 aromatic carbocycles. The molecule has 2 aromatic rings. The number of carbonyl (C=O) groups excluding carboxylic acids is 1. The Hall–Kier alpha value is -2.00. The van der Waals surface area contributed by atoms with Gasteiger partial charge in [-0.1, -0.05) is 0 Å². The van der Waals surface area contributed by atoms with Crippen LogP contribution in [-0.2, 0) is 17.1 Å². The van der Waals surface area contributed by atoms with Gasteiger partial charge in [-0.2, -0.15) is 5.10 Å². The zero-order valence-corrected chi connectivity index (χ0v) is 16.5. The van der Waals surface area contributed by atoms with Gasteiger partial charge in [0, 0.05) is 39.4 Å². The average Bonchev–Trinajstić information content (AvgIpc) is 2.94. The van der Waals surface area contributed by atoms with Crippen LogP contribution in [-0.4, -0.2) is 71.2 Å². The largest absolute Gasteiger partial charge is 0.338 e. The van der Waals surface area contributed by atoms with Gasteiger partial charge in [-0.3, -0.25) is 9.48 Å². The summed E-state index contributed by atoms with van der Waals surface area (Å²) in [5.41, 5.74) is 2.08. The van der Waals surface area contributed by atoms with Gasteiger partial charge in [0.2, 0.25) is 10.0 Å². The Labute approximate surface area is 153 Å². The number of piperidine rings is 1. The van der Waals surface area contributed by atoms with E-state index in [4.69, 9.17) is 0 Å². The van der Waals surface area contributed by atoms with Crippen molar-refractivity contribution in [2.45, 2.75) is 19.8 Å². The second-order valence-electron chi connectivity index (χ2n) is 7.12. The summed E-state index contributed by atoms with van der Waals surface area (Å²) in [6.07, 6.45) is 4.67. The van der Waals surface area contributed by atoms with E-state index in [9.17, 15) is 13.2 Å². The Morgan fingerprint density at radius 2 is 2.15 bits per heavy atom. The molecule has 1 atom stereocenters. The number of likely N-dealkylation sites (tertiary alicyclic amines) is 1. The lowest BCUT2D eigenvalue weighted by Gasteiger charge is -2.34. The molecule has 3 rings (SSSR count). The van der Waals surface area contributed by atoms with Gasteiger partial charge in [0.15, 0.2) is 5.65 Å². The molecule has 1 aliphatic heterocycles. The van der Waals surface area contributed by atoms with E-state index in [0.29, 0.717) is 30.8 Å². The SMILES string of the molecule is Cc1cc(C(=O)N2CCCC(CN(C)S(C)(=O)=O)C2)c2cnn(C)c2n1. The Morgan fingerprint density at radius 3 is 2.85 bits per heavy atom. The number of sulfonamides is 1. The maximum absolute atomic E-state index is 13.1. The van der Waals surface area contributed by atoms with E-state index in [-0.39, 0.29) is 11.8 Å². The van der Waals surface area contributed by atoms with Crippen LogP contribution in [0.1, 0.15) is 28.9 Å². The molecule has 0 spiro atoms. The summed E-state index contributed by atoms with van der Waals surface area (Å²) >= 11 is 0. The summed E-state index contributed by atoms with van der Waals surface area (Å²) in [4.78, 5) is 19.4. The van der Waals surface area contributed by atoms with Crippen molar-refractivity contribution in [1.82, 2.24) is 24.0 Å². The second-order valence-corrected chi connectivity index (χ2v) is 9.21. The van der Waals surface area contributed by atoms with Gasteiger partial charge in [-0.25, -0.2) is 17.7 Å². The lowest BCUT2D eigenvalue weighted by atomic mass is 9.97. The number of fused-ring (bicyclic) bond motifs is 1. The average molecular weight is 379 g/mol. The fourth-order valence-corrected chi connectivity index (χ4v) is 3.97. The van der Waals surface area contributed by atoms with Crippen molar-refractivity contribution < 1.29 is 13.2 Å². The predicted octanol–water partition coefficient (Wildman–Crippen LogP) is 1.02. The van der Waals surface area contributed by atoms with Crippen LogP contribution in [0.15, 0.2) is 12.3 Å². The molecule has 1 aliphatic rings. The molecule has 0 radical (unpaired) electrons. The van der Waals surface area contributed by atoms with Crippen molar-refractivity contribution >= 4 is 27.0 Å². The third kappa shape index (κ3) is 3.73. The molecule has 1 fully saturated rings. The summed E-state index contributed by atoms with van der Waals surface area (Å²) < 4.78 is 26.3. The van der Waals surface area contributed by atoms with E-state index >= 15 is 0 Å². The molecule has 9 heteroatoms. The molecule has 0 bridgehead atoms. The van der Waals surface area contributed by atoms with E-state index in [1.165, 1.54) is 10.6 Å². The van der Waals surface area contributed by atoms with Crippen LogP contribution >= 0.6 is 0 Å². The first-order chi connectivity index (χ1) is 12.2. The smallest absolute Gasteiger partial charge is 0.254 e. The van der Waals surface area contributed by atoms with Crippen molar-refractivity contribution in [1.29, 1.82) is 0 Å². The van der Waals surface area contributed by atoms with Gasteiger partial charge in [-0.15, -0.1) is 0 Å². The van der Waals surface area contributed by atoms with Crippen molar-refractivity contribution in [3.05, 3.63) is 23.5 Å². The maximum atomic E-state index is 13.1. The second kappa shape index (κ2) is 6.96. The third-order valence-corrected chi connectivity index (χ3v) is 6.23. The highest BCUT2D eigenvalue weighted by Crippen LogP contribution is 2.24. The van der Waals surface area contributed by atoms with Gasteiger partial charge in [0.1, 0.15) is 0 Å². The Morgan fingerprint density at radius 1 is 1.42 bits per heavy atom. The lowest BCUT2D eigenvalue weighted by molar-refractivity contribution is 0.0666. The number of rotatable bonds is 4. The first-order valence-electron chi connectivity index (χ1n) is 8.66. The van der Waals surface area contributed by atoms with Crippen LogP contribution in [0.3, 0.4) is 0 Å². The standard InChI is InChI=1S/C17H25N5O3S/c1-12-8-14(15-9-18-21(3)16(15)19-12)17(23)22-7-5-6-13(11-22)10-20(2)26(4,24)25/h8-9,13H,5-7,10-11H2,1-4H3. The number of carbonyl (C=O) groups is 1. The van der Waals surface area contributed by atoms with Gasteiger partial charge in [0.05, 0.1) is 23.4 Å². The number of pyridine rings is 1. The summed E-state index contributed by atoms with van der Waals surface area (Å²) in [5, 5.41) is 4.97. The highest BCUT2D eigenvalue weighted by molar-refractivity contribution is 7.88. The number of hydrogen-bond donors (Lipinski definition) is 0. The molecule has 142 valence electrons. The molecular weight excluding hydrogens is 354 g/mol. The predicted molar refractivity (Wildman–Crippen MR) is 99.3 cm³/mol. The topological polar surface area (TPSA) is 88.4 Å². The zero-order chi connectivity index (χ0) is 19.1. The van der Waals surface area contributed by atoms with Crippen molar-refractivity contribution in [2.24, 2.45) is 13.0 Å². The van der Waals surface area contributed by atoms with Crippen molar-refractivity contribution in [3.8, 4) is 0 Å². The number of nitrogens with zero attached hydrogens (tertiary/aromatic N) is 5. The van der Waals surface area contributed by atoms with E-state index in [1.54, 1.807) is 31.0 Å². The molecular formula is C17H25N5O3S. The van der Waals surface area contributed by atoms with E-state index < -0.39 is 10.0 Å². The minimum atomic E-state index is -3.21. The van der Waals surface area contributed by atoms with E-state index in [1.807, 2.05) is 11.8 Å². The lowest BCUT2D eigenvalue weighted by Crippen LogP contribution is -2.44. The van der Waals surface area contributed by atoms with Crippen molar-refractivity contribution in [2.75, 3.05) is 32.9 Å². The first kappa shape index (κ1) is 18.8. The van der Waals surface area contributed by atoms with Crippen LogP contribution in [0.25, 0.3) is 11.0 Å². The molecule has 0 saturated carbocycles. The highest BCUT2D eigenvalue weighted by atomic mass is 32.2. The first-order valence-corrected chi connectivity index (χ1v) is 10.5. The summed E-state index contributed by atoms with van der Waals surface area (Å²) in [6.45, 7) is 3.53. The minimum Gasteiger partial charge on any atom is -0.338 e. The highest BCUT2D eigenvalue weighted by Gasteiger charge is 2.28. The Kier molecular flexibility index (Phi) is 5.03. The molecule has 26 heavy (non-hydrogen) atoms. The van der Waals surface area contributed by atoms with Crippen LogP contribution < -0.4 is 0 Å². The fraction of sp³-hybridized carbons (Fsp3) is 0.588. The number of hydrogen-bond acceptors (Lipinski definition) is 5. The molecule has 0 N–H and O–H groups in total. The summed E-state index contributed by atoms with van der Waals surface area (Å²) in [5.74, 6) is 0.0972. The van der Waals surface area contributed by atoms with Gasteiger partial charge < -0.3 is 4.90 Å². The van der Waals surface area contributed by atoms with Crippen LogP contribution in [0, 0.1) is 12.8 Å². The zero-order valence-electron chi connectivity index (χ0n) is 15.6. The molecule has 8 nitrogen and oxygen atoms in total. The Bertz CT molecular complexity index is 937. The molecule has 2 aromatic heterocycles. The van der Waals surface area contributed by atoms with Crippen molar-refractivity contribution in [3.63, 3.8) is 0 Å². The molecule has 0 aliphatic carbocycles. The molecule has 1 unspecified atom stereocenters. The number of amides is 1. The fourth-order valence-electron chi connectivity index (χ4n) is 3.48. The normalized spacial score (nSPS) is 18.7. The maximum Gasteiger partial charge on any atom is 0.254 e. The van der Waals surface area contributed by atoms with E-state index in [2.05, 4.69) is 10.1 Å². The minimum absolute atomic E-state index is 0.0415. The molecule has 3 heterocycles. The molecule has 1 saturated heterocycles. The Balaban J connectivity index is 1.82. The van der Waals surface area contributed by atoms with Crippen LogP contribution in [0.4, 0.5) is 0 Å². The quantitative estimate of drug-likeness (QED) is 0.791. The number of aryl methyl sites for hydroxylation is 2. The monoisotopic (exact) mass is 379 g/mol. The van der Waals surface area contributed by atoms with Gasteiger partial charge >= 0.3 is 0 Å².